The van der Waals surface area contributed by atoms with E-state index in [1.165, 1.54) is 6.07 Å². The van der Waals surface area contributed by atoms with Gasteiger partial charge in [0.1, 0.15) is 11.6 Å². The topological polar surface area (TPSA) is 140 Å². The minimum Gasteiger partial charge on any atom is -0.383 e. The molecule has 19 heavy (non-hydrogen) atoms. The molecular formula is C9H15N5O4S. The van der Waals surface area contributed by atoms with Crippen LogP contribution in [-0.4, -0.2) is 37.7 Å². The molecule has 4 N–H and O–H groups in total. The molecule has 0 aliphatic rings. The van der Waals surface area contributed by atoms with Crippen molar-refractivity contribution >= 4 is 27.3 Å². The number of anilines is 2. The lowest BCUT2D eigenvalue weighted by Gasteiger charge is -2.06. The summed E-state index contributed by atoms with van der Waals surface area (Å²) < 4.78 is 23.9. The molecule has 0 aromatic carbocycles. The highest BCUT2D eigenvalue weighted by Crippen LogP contribution is 2.18. The maximum absolute atomic E-state index is 10.8. The summed E-state index contributed by atoms with van der Waals surface area (Å²) in [6.45, 7) is 0.687. The smallest absolute Gasteiger partial charge is 0.276 e. The third kappa shape index (κ3) is 5.97. The van der Waals surface area contributed by atoms with Crippen molar-refractivity contribution in [3.8, 4) is 0 Å². The van der Waals surface area contributed by atoms with Crippen LogP contribution in [0.25, 0.3) is 0 Å². The van der Waals surface area contributed by atoms with Gasteiger partial charge in [-0.05, 0) is 6.42 Å². The van der Waals surface area contributed by atoms with Gasteiger partial charge < -0.3 is 11.1 Å². The number of nitrogens with zero attached hydrogens (tertiary/aromatic N) is 2. The molecule has 1 aromatic rings. The Bertz CT molecular complexity index is 560. The molecular weight excluding hydrogens is 274 g/mol. The van der Waals surface area contributed by atoms with Crippen LogP contribution in [0.5, 0.6) is 0 Å². The van der Waals surface area contributed by atoms with Crippen LogP contribution < -0.4 is 15.8 Å². The molecule has 1 rings (SSSR count). The Labute approximate surface area is 110 Å². The van der Waals surface area contributed by atoms with Crippen LogP contribution >= 0.6 is 0 Å². The molecule has 0 spiro atoms. The van der Waals surface area contributed by atoms with Crippen LogP contribution in [0, 0.1) is 10.1 Å². The number of nitrogen functional groups attached to an aromatic ring is 1. The van der Waals surface area contributed by atoms with Crippen molar-refractivity contribution in [2.45, 2.75) is 6.42 Å². The fraction of sp³-hybridized carbons (Fsp3) is 0.444. The number of aromatic nitrogens is 1. The molecule has 0 saturated heterocycles. The van der Waals surface area contributed by atoms with Crippen molar-refractivity contribution < 1.29 is 13.3 Å². The molecule has 0 aliphatic carbocycles. The summed E-state index contributed by atoms with van der Waals surface area (Å²) >= 11 is 0. The zero-order chi connectivity index (χ0) is 14.5. The Morgan fingerprint density at radius 1 is 1.42 bits per heavy atom. The van der Waals surface area contributed by atoms with Gasteiger partial charge in [-0.15, -0.1) is 0 Å². The number of nitro groups is 1. The summed E-state index contributed by atoms with van der Waals surface area (Å²) in [5.74, 6) is 0.331. The number of pyridine rings is 1. The second kappa shape index (κ2) is 6.29. The van der Waals surface area contributed by atoms with E-state index in [2.05, 4.69) is 15.0 Å². The van der Waals surface area contributed by atoms with Crippen LogP contribution in [0.15, 0.2) is 12.1 Å². The van der Waals surface area contributed by atoms with Crippen molar-refractivity contribution in [2.75, 3.05) is 30.4 Å². The molecule has 0 atom stereocenters. The Balaban J connectivity index is 2.47. The van der Waals surface area contributed by atoms with E-state index in [4.69, 9.17) is 5.73 Å². The second-order valence-electron chi connectivity index (χ2n) is 3.84. The molecule has 0 unspecified atom stereocenters. The predicted molar refractivity (Wildman–Crippen MR) is 71.3 cm³/mol. The van der Waals surface area contributed by atoms with Crippen LogP contribution in [0.3, 0.4) is 0 Å². The predicted octanol–water partition coefficient (Wildman–Crippen LogP) is -0.0768. The van der Waals surface area contributed by atoms with Gasteiger partial charge in [0, 0.05) is 13.1 Å². The van der Waals surface area contributed by atoms with Crippen LogP contribution in [0.1, 0.15) is 6.42 Å². The van der Waals surface area contributed by atoms with Crippen molar-refractivity contribution in [3.05, 3.63) is 22.2 Å². The van der Waals surface area contributed by atoms with Gasteiger partial charge in [-0.3, -0.25) is 10.1 Å². The summed E-state index contributed by atoms with van der Waals surface area (Å²) in [6, 6.07) is 2.43. The molecule has 10 heteroatoms. The number of nitrogens with two attached hydrogens (primary N) is 1. The largest absolute Gasteiger partial charge is 0.383 e. The van der Waals surface area contributed by atoms with E-state index in [0.717, 1.165) is 12.3 Å². The molecule has 0 aliphatic heterocycles. The first kappa shape index (κ1) is 15.1. The maximum Gasteiger partial charge on any atom is 0.276 e. The van der Waals surface area contributed by atoms with E-state index >= 15 is 0 Å². The number of hydrogen-bond acceptors (Lipinski definition) is 7. The van der Waals surface area contributed by atoms with E-state index in [0.29, 0.717) is 13.0 Å². The van der Waals surface area contributed by atoms with E-state index in [-0.39, 0.29) is 23.9 Å². The van der Waals surface area contributed by atoms with Crippen LogP contribution in [-0.2, 0) is 10.0 Å². The van der Waals surface area contributed by atoms with Crippen molar-refractivity contribution in [3.63, 3.8) is 0 Å². The molecule has 0 radical (unpaired) electrons. The van der Waals surface area contributed by atoms with Gasteiger partial charge in [0.25, 0.3) is 5.69 Å². The quantitative estimate of drug-likeness (QED) is 0.362. The number of nitrogens with one attached hydrogen (secondary N) is 2. The lowest BCUT2D eigenvalue weighted by Crippen LogP contribution is -2.24. The van der Waals surface area contributed by atoms with Crippen LogP contribution in [0.4, 0.5) is 17.3 Å². The number of sulfonamides is 1. The summed E-state index contributed by atoms with van der Waals surface area (Å²) in [6.07, 6.45) is 1.58. The van der Waals surface area contributed by atoms with Gasteiger partial charge in [0.15, 0.2) is 0 Å². The minimum atomic E-state index is -3.20. The highest BCUT2D eigenvalue weighted by atomic mass is 32.2. The molecule has 1 heterocycles. The Morgan fingerprint density at radius 3 is 2.68 bits per heavy atom. The molecule has 9 nitrogen and oxygen atoms in total. The average Bonchev–Trinajstić information content (AvgIpc) is 2.26. The average molecular weight is 289 g/mol. The zero-order valence-electron chi connectivity index (χ0n) is 10.3. The lowest BCUT2D eigenvalue weighted by molar-refractivity contribution is -0.384. The summed E-state index contributed by atoms with van der Waals surface area (Å²) in [5, 5.41) is 13.4. The van der Waals surface area contributed by atoms with Gasteiger partial charge in [-0.1, -0.05) is 0 Å². The zero-order valence-corrected chi connectivity index (χ0v) is 11.1. The maximum atomic E-state index is 10.8. The minimum absolute atomic E-state index is 0.0472. The second-order valence-corrected chi connectivity index (χ2v) is 5.67. The monoisotopic (exact) mass is 289 g/mol. The number of rotatable bonds is 7. The summed E-state index contributed by atoms with van der Waals surface area (Å²) in [7, 11) is -3.20. The molecule has 0 saturated carbocycles. The van der Waals surface area contributed by atoms with E-state index in [1.54, 1.807) is 0 Å². The fourth-order valence-electron chi connectivity index (χ4n) is 1.30. The summed E-state index contributed by atoms with van der Waals surface area (Å²) in [5.41, 5.74) is 5.29. The first-order chi connectivity index (χ1) is 8.78. The Morgan fingerprint density at radius 2 is 2.11 bits per heavy atom. The first-order valence-corrected chi connectivity index (χ1v) is 7.27. The first-order valence-electron chi connectivity index (χ1n) is 5.38. The standard InChI is InChI=1S/C9H15N5O4S/c1-19(17,18)12-4-2-3-11-9-6-7(14(15)16)5-8(10)13-9/h5-6,12H,2-4H2,1H3,(H3,10,11,13). The fourth-order valence-corrected chi connectivity index (χ4v) is 1.81. The molecule has 0 fully saturated rings. The van der Waals surface area contributed by atoms with E-state index in [9.17, 15) is 18.5 Å². The molecule has 0 amide bonds. The van der Waals surface area contributed by atoms with Crippen molar-refractivity contribution in [1.82, 2.24) is 9.71 Å². The SMILES string of the molecule is CS(=O)(=O)NCCCNc1cc([N+](=O)[O-])cc(N)n1. The summed E-state index contributed by atoms with van der Waals surface area (Å²) in [4.78, 5) is 13.9. The van der Waals surface area contributed by atoms with Gasteiger partial charge in [0.2, 0.25) is 10.0 Å². The highest BCUT2D eigenvalue weighted by Gasteiger charge is 2.09. The molecule has 1 aromatic heterocycles. The van der Waals surface area contributed by atoms with Crippen molar-refractivity contribution in [1.29, 1.82) is 0 Å². The normalized spacial score (nSPS) is 11.2. The van der Waals surface area contributed by atoms with Gasteiger partial charge in [-0.25, -0.2) is 18.1 Å². The third-order valence-corrected chi connectivity index (χ3v) is 2.79. The van der Waals surface area contributed by atoms with Crippen LogP contribution in [0.2, 0.25) is 0 Å². The third-order valence-electron chi connectivity index (χ3n) is 2.06. The van der Waals surface area contributed by atoms with Gasteiger partial charge in [0.05, 0.1) is 23.3 Å². The Hall–Kier alpha value is -1.94. The number of hydrogen-bond donors (Lipinski definition) is 3. The highest BCUT2D eigenvalue weighted by molar-refractivity contribution is 7.88. The lowest BCUT2D eigenvalue weighted by atomic mass is 10.3. The van der Waals surface area contributed by atoms with E-state index < -0.39 is 14.9 Å². The Kier molecular flexibility index (Phi) is 5.01. The van der Waals surface area contributed by atoms with Crippen molar-refractivity contribution in [2.24, 2.45) is 0 Å². The van der Waals surface area contributed by atoms with Gasteiger partial charge >= 0.3 is 0 Å². The molecule has 106 valence electrons. The molecule has 0 bridgehead atoms. The van der Waals surface area contributed by atoms with Gasteiger partial charge in [-0.2, -0.15) is 0 Å². The van der Waals surface area contributed by atoms with E-state index in [1.807, 2.05) is 0 Å².